The molecule has 1 aliphatic rings. The number of rotatable bonds is 3. The second kappa shape index (κ2) is 5.19. The summed E-state index contributed by atoms with van der Waals surface area (Å²) in [7, 11) is 0. The van der Waals surface area contributed by atoms with Crippen LogP contribution in [0.15, 0.2) is 30.5 Å². The van der Waals surface area contributed by atoms with Gasteiger partial charge in [-0.15, -0.1) is 0 Å². The molecule has 1 aromatic carbocycles. The number of halogens is 2. The normalized spacial score (nSPS) is 14.4. The van der Waals surface area contributed by atoms with Gasteiger partial charge in [-0.3, -0.25) is 4.79 Å². The van der Waals surface area contributed by atoms with E-state index in [4.69, 9.17) is 0 Å². The molecule has 1 aliphatic carbocycles. The van der Waals surface area contributed by atoms with E-state index in [-0.39, 0.29) is 5.78 Å². The summed E-state index contributed by atoms with van der Waals surface area (Å²) in [6.45, 7) is 0.630. The number of aromatic nitrogens is 1. The Labute approximate surface area is 116 Å². The van der Waals surface area contributed by atoms with E-state index in [0.717, 1.165) is 30.2 Å². The molecule has 0 spiro atoms. The first-order valence-electron chi connectivity index (χ1n) is 6.79. The van der Waals surface area contributed by atoms with E-state index in [1.54, 1.807) is 0 Å². The molecule has 0 unspecified atom stereocenters. The van der Waals surface area contributed by atoms with Crippen molar-refractivity contribution < 1.29 is 13.6 Å². The van der Waals surface area contributed by atoms with Crippen LogP contribution in [0.5, 0.6) is 0 Å². The number of Topliss-reactive ketones (excluding diaryl/α,β-unsaturated/α-hetero) is 1. The number of fused-ring (bicyclic) bond motifs is 1. The van der Waals surface area contributed by atoms with Crippen LogP contribution in [0.3, 0.4) is 0 Å². The van der Waals surface area contributed by atoms with Crippen molar-refractivity contribution in [1.82, 2.24) is 4.57 Å². The molecule has 3 rings (SSSR count). The second-order valence-corrected chi connectivity index (χ2v) is 5.17. The molecule has 0 fully saturated rings. The first-order chi connectivity index (χ1) is 9.63. The van der Waals surface area contributed by atoms with Gasteiger partial charge in [0.1, 0.15) is 11.6 Å². The summed E-state index contributed by atoms with van der Waals surface area (Å²) in [5, 5.41) is 0. The molecule has 2 nitrogen and oxygen atoms in total. The standard InChI is InChI=1S/C16H15F2NO/c17-12-8-11(9-13(18)10-12)4-6-19-7-5-14-15(19)2-1-3-16(14)20/h5,7-10H,1-4,6H2. The highest BCUT2D eigenvalue weighted by Gasteiger charge is 2.20. The Morgan fingerprint density at radius 2 is 1.85 bits per heavy atom. The number of carbonyl (C=O) groups excluding carboxylic acids is 1. The van der Waals surface area contributed by atoms with Crippen molar-refractivity contribution in [3.05, 3.63) is 58.9 Å². The Kier molecular flexibility index (Phi) is 3.38. The fraction of sp³-hybridized carbons (Fsp3) is 0.312. The maximum absolute atomic E-state index is 13.1. The maximum atomic E-state index is 13.1. The van der Waals surface area contributed by atoms with Crippen LogP contribution >= 0.6 is 0 Å². The van der Waals surface area contributed by atoms with Crippen LogP contribution in [0.4, 0.5) is 8.78 Å². The van der Waals surface area contributed by atoms with Gasteiger partial charge in [-0.2, -0.15) is 0 Å². The van der Waals surface area contributed by atoms with Crippen molar-refractivity contribution in [2.45, 2.75) is 32.2 Å². The summed E-state index contributed by atoms with van der Waals surface area (Å²) in [6, 6.07) is 5.43. The van der Waals surface area contributed by atoms with Crippen molar-refractivity contribution in [2.24, 2.45) is 0 Å². The predicted octanol–water partition coefficient (Wildman–Crippen LogP) is 3.53. The molecule has 0 amide bonds. The molecule has 0 saturated carbocycles. The van der Waals surface area contributed by atoms with Crippen LogP contribution in [-0.4, -0.2) is 10.4 Å². The van der Waals surface area contributed by atoms with Gasteiger partial charge in [-0.25, -0.2) is 8.78 Å². The van der Waals surface area contributed by atoms with Crippen molar-refractivity contribution in [2.75, 3.05) is 0 Å². The van der Waals surface area contributed by atoms with Crippen molar-refractivity contribution in [3.8, 4) is 0 Å². The average molecular weight is 275 g/mol. The maximum Gasteiger partial charge on any atom is 0.164 e. The zero-order valence-electron chi connectivity index (χ0n) is 11.0. The van der Waals surface area contributed by atoms with E-state index in [1.807, 2.05) is 16.8 Å². The third kappa shape index (κ3) is 2.50. The Morgan fingerprint density at radius 1 is 1.10 bits per heavy atom. The van der Waals surface area contributed by atoms with Crippen LogP contribution < -0.4 is 0 Å². The summed E-state index contributed by atoms with van der Waals surface area (Å²) in [4.78, 5) is 11.7. The van der Waals surface area contributed by atoms with Gasteiger partial charge in [-0.05, 0) is 43.0 Å². The molecule has 0 saturated heterocycles. The number of aryl methyl sites for hydroxylation is 2. The SMILES string of the molecule is O=C1CCCc2c1ccn2CCc1cc(F)cc(F)c1. The molecule has 4 heteroatoms. The van der Waals surface area contributed by atoms with Gasteiger partial charge in [0.2, 0.25) is 0 Å². The van der Waals surface area contributed by atoms with Gasteiger partial charge in [0.25, 0.3) is 0 Å². The van der Waals surface area contributed by atoms with Gasteiger partial charge in [-0.1, -0.05) is 0 Å². The van der Waals surface area contributed by atoms with Gasteiger partial charge in [0.15, 0.2) is 5.78 Å². The monoisotopic (exact) mass is 275 g/mol. The quantitative estimate of drug-likeness (QED) is 0.840. The topological polar surface area (TPSA) is 22.0 Å². The summed E-state index contributed by atoms with van der Waals surface area (Å²) >= 11 is 0. The van der Waals surface area contributed by atoms with Gasteiger partial charge in [0.05, 0.1) is 0 Å². The summed E-state index contributed by atoms with van der Waals surface area (Å²) in [5.74, 6) is -0.906. The molecule has 0 N–H and O–H groups in total. The fourth-order valence-corrected chi connectivity index (χ4v) is 2.80. The molecule has 2 aromatic rings. The molecule has 0 radical (unpaired) electrons. The van der Waals surface area contributed by atoms with Crippen LogP contribution in [0, 0.1) is 11.6 Å². The smallest absolute Gasteiger partial charge is 0.164 e. The van der Waals surface area contributed by atoms with Crippen LogP contribution in [0.1, 0.15) is 34.5 Å². The Balaban J connectivity index is 1.77. The first-order valence-corrected chi connectivity index (χ1v) is 6.79. The summed E-state index contributed by atoms with van der Waals surface area (Å²) in [6.07, 6.45) is 4.83. The molecule has 0 atom stereocenters. The van der Waals surface area contributed by atoms with Gasteiger partial charge < -0.3 is 4.57 Å². The fourth-order valence-electron chi connectivity index (χ4n) is 2.80. The van der Waals surface area contributed by atoms with Crippen LogP contribution in [0.25, 0.3) is 0 Å². The highest BCUT2D eigenvalue weighted by Crippen LogP contribution is 2.22. The molecule has 20 heavy (non-hydrogen) atoms. The molecule has 104 valence electrons. The minimum Gasteiger partial charge on any atom is -0.350 e. The Morgan fingerprint density at radius 3 is 2.60 bits per heavy atom. The van der Waals surface area contributed by atoms with Gasteiger partial charge in [0, 0.05) is 36.5 Å². The third-order valence-electron chi connectivity index (χ3n) is 3.76. The molecular formula is C16H15F2NO. The van der Waals surface area contributed by atoms with Crippen LogP contribution in [0.2, 0.25) is 0 Å². The van der Waals surface area contributed by atoms with E-state index < -0.39 is 11.6 Å². The number of hydrogen-bond acceptors (Lipinski definition) is 1. The minimum absolute atomic E-state index is 0.196. The van der Waals surface area contributed by atoms with E-state index in [0.29, 0.717) is 24.9 Å². The lowest BCUT2D eigenvalue weighted by atomic mass is 9.97. The second-order valence-electron chi connectivity index (χ2n) is 5.17. The number of ketones is 1. The first kappa shape index (κ1) is 13.0. The highest BCUT2D eigenvalue weighted by atomic mass is 19.1. The molecular weight excluding hydrogens is 260 g/mol. The van der Waals surface area contributed by atoms with E-state index >= 15 is 0 Å². The Bertz CT molecular complexity index is 640. The number of nitrogens with zero attached hydrogens (tertiary/aromatic N) is 1. The molecule has 0 aliphatic heterocycles. The molecule has 0 bridgehead atoms. The Hall–Kier alpha value is -1.97. The van der Waals surface area contributed by atoms with Crippen molar-refractivity contribution >= 4 is 5.78 Å². The van der Waals surface area contributed by atoms with E-state index in [1.165, 1.54) is 12.1 Å². The number of hydrogen-bond donors (Lipinski definition) is 0. The summed E-state index contributed by atoms with van der Waals surface area (Å²) < 4.78 is 28.3. The summed E-state index contributed by atoms with van der Waals surface area (Å²) in [5.41, 5.74) is 2.49. The minimum atomic E-state index is -0.551. The lowest BCUT2D eigenvalue weighted by Gasteiger charge is -2.15. The average Bonchev–Trinajstić information content (AvgIpc) is 2.80. The lowest BCUT2D eigenvalue weighted by Crippen LogP contribution is -2.13. The highest BCUT2D eigenvalue weighted by molar-refractivity contribution is 5.98. The zero-order chi connectivity index (χ0) is 14.1. The lowest BCUT2D eigenvalue weighted by molar-refractivity contribution is 0.0972. The zero-order valence-corrected chi connectivity index (χ0v) is 11.0. The van der Waals surface area contributed by atoms with Gasteiger partial charge >= 0.3 is 0 Å². The third-order valence-corrected chi connectivity index (χ3v) is 3.76. The predicted molar refractivity (Wildman–Crippen MR) is 71.8 cm³/mol. The molecule has 1 heterocycles. The largest absolute Gasteiger partial charge is 0.350 e. The number of benzene rings is 1. The number of carbonyl (C=O) groups is 1. The van der Waals surface area contributed by atoms with Crippen molar-refractivity contribution in [3.63, 3.8) is 0 Å². The van der Waals surface area contributed by atoms with E-state index in [2.05, 4.69) is 0 Å². The molecule has 1 aromatic heterocycles. The van der Waals surface area contributed by atoms with E-state index in [9.17, 15) is 13.6 Å². The van der Waals surface area contributed by atoms with Crippen LogP contribution in [-0.2, 0) is 19.4 Å². The van der Waals surface area contributed by atoms with Crippen molar-refractivity contribution in [1.29, 1.82) is 0 Å².